The van der Waals surface area contributed by atoms with Gasteiger partial charge in [0.05, 0.1) is 11.3 Å². The molecule has 1 saturated carbocycles. The lowest BCUT2D eigenvalue weighted by atomic mass is 9.86. The van der Waals surface area contributed by atoms with Crippen LogP contribution in [0.4, 0.5) is 0 Å². The Morgan fingerprint density at radius 2 is 1.96 bits per heavy atom. The third kappa shape index (κ3) is 3.88. The molecule has 0 radical (unpaired) electrons. The van der Waals surface area contributed by atoms with Crippen LogP contribution in [0.5, 0.6) is 0 Å². The van der Waals surface area contributed by atoms with E-state index in [0.29, 0.717) is 5.56 Å². The molecular formula is C17H22N2O3S. The van der Waals surface area contributed by atoms with Gasteiger partial charge in [0, 0.05) is 24.2 Å². The lowest BCUT2D eigenvalue weighted by Crippen LogP contribution is -2.43. The number of para-hydroxylation sites is 1. The number of sulfonamides is 1. The van der Waals surface area contributed by atoms with Gasteiger partial charge in [0.25, 0.3) is 0 Å². The average molecular weight is 334 g/mol. The van der Waals surface area contributed by atoms with Crippen molar-refractivity contribution < 1.29 is 13.5 Å². The van der Waals surface area contributed by atoms with Crippen LogP contribution < -0.4 is 4.72 Å². The molecule has 0 bridgehead atoms. The first-order valence-electron chi connectivity index (χ1n) is 8.02. The summed E-state index contributed by atoms with van der Waals surface area (Å²) in [5.41, 5.74) is 1.43. The molecule has 23 heavy (non-hydrogen) atoms. The van der Waals surface area contributed by atoms with E-state index in [1.807, 2.05) is 24.3 Å². The van der Waals surface area contributed by atoms with E-state index in [1.54, 1.807) is 12.3 Å². The minimum absolute atomic E-state index is 0.0177. The first-order chi connectivity index (χ1) is 11.1. The SMILES string of the molecule is O=S(=O)(Cc1cccc2cccnc12)NC1CCCCC1CO. The first kappa shape index (κ1) is 16.4. The Hall–Kier alpha value is -1.50. The number of hydrogen-bond donors (Lipinski definition) is 2. The third-order valence-electron chi connectivity index (χ3n) is 4.54. The normalized spacial score (nSPS) is 22.3. The average Bonchev–Trinajstić information content (AvgIpc) is 2.55. The Morgan fingerprint density at radius 1 is 1.17 bits per heavy atom. The van der Waals surface area contributed by atoms with Gasteiger partial charge < -0.3 is 5.11 Å². The van der Waals surface area contributed by atoms with Gasteiger partial charge in [-0.3, -0.25) is 4.98 Å². The fourth-order valence-corrected chi connectivity index (χ4v) is 4.84. The van der Waals surface area contributed by atoms with Crippen LogP contribution in [0.15, 0.2) is 36.5 Å². The van der Waals surface area contributed by atoms with Gasteiger partial charge in [0.2, 0.25) is 10.0 Å². The molecule has 1 aliphatic rings. The summed E-state index contributed by atoms with van der Waals surface area (Å²) in [4.78, 5) is 4.31. The molecule has 124 valence electrons. The number of nitrogens with zero attached hydrogens (tertiary/aromatic N) is 1. The number of rotatable bonds is 5. The van der Waals surface area contributed by atoms with E-state index in [4.69, 9.17) is 0 Å². The van der Waals surface area contributed by atoms with Crippen LogP contribution in [0.2, 0.25) is 0 Å². The maximum Gasteiger partial charge on any atom is 0.216 e. The lowest BCUT2D eigenvalue weighted by Gasteiger charge is -2.30. The predicted molar refractivity (Wildman–Crippen MR) is 90.3 cm³/mol. The summed E-state index contributed by atoms with van der Waals surface area (Å²) in [6, 6.07) is 9.18. The molecule has 3 rings (SSSR count). The van der Waals surface area contributed by atoms with Gasteiger partial charge >= 0.3 is 0 Å². The monoisotopic (exact) mass is 334 g/mol. The van der Waals surface area contributed by atoms with Crippen molar-refractivity contribution in [3.8, 4) is 0 Å². The molecule has 1 aliphatic carbocycles. The number of aliphatic hydroxyl groups is 1. The largest absolute Gasteiger partial charge is 0.396 e. The van der Waals surface area contributed by atoms with Gasteiger partial charge in [-0.05, 0) is 30.4 Å². The molecule has 0 aliphatic heterocycles. The van der Waals surface area contributed by atoms with Crippen molar-refractivity contribution in [2.75, 3.05) is 6.61 Å². The Morgan fingerprint density at radius 3 is 2.78 bits per heavy atom. The summed E-state index contributed by atoms with van der Waals surface area (Å²) < 4.78 is 27.9. The van der Waals surface area contributed by atoms with Crippen LogP contribution in [-0.2, 0) is 15.8 Å². The zero-order valence-corrected chi connectivity index (χ0v) is 13.8. The number of pyridine rings is 1. The molecule has 0 spiro atoms. The first-order valence-corrected chi connectivity index (χ1v) is 9.68. The van der Waals surface area contributed by atoms with Crippen molar-refractivity contribution in [2.24, 2.45) is 5.92 Å². The molecule has 2 aromatic rings. The zero-order chi connectivity index (χ0) is 16.3. The molecule has 0 amide bonds. The second-order valence-corrected chi connectivity index (χ2v) is 7.96. The lowest BCUT2D eigenvalue weighted by molar-refractivity contribution is 0.164. The second-order valence-electron chi connectivity index (χ2n) is 6.20. The Labute approximate surface area is 136 Å². The van der Waals surface area contributed by atoms with Gasteiger partial charge in [0.15, 0.2) is 0 Å². The van der Waals surface area contributed by atoms with E-state index in [-0.39, 0.29) is 24.3 Å². The van der Waals surface area contributed by atoms with Crippen molar-refractivity contribution in [3.63, 3.8) is 0 Å². The molecule has 2 unspecified atom stereocenters. The maximum atomic E-state index is 12.6. The number of fused-ring (bicyclic) bond motifs is 1. The highest BCUT2D eigenvalue weighted by Crippen LogP contribution is 2.25. The van der Waals surface area contributed by atoms with Gasteiger partial charge in [-0.1, -0.05) is 37.1 Å². The summed E-state index contributed by atoms with van der Waals surface area (Å²) >= 11 is 0. The molecule has 1 fully saturated rings. The van der Waals surface area contributed by atoms with Crippen LogP contribution >= 0.6 is 0 Å². The highest BCUT2D eigenvalue weighted by atomic mass is 32.2. The number of nitrogens with one attached hydrogen (secondary N) is 1. The molecule has 2 atom stereocenters. The van der Waals surface area contributed by atoms with Crippen LogP contribution in [-0.4, -0.2) is 31.2 Å². The van der Waals surface area contributed by atoms with Crippen LogP contribution in [0, 0.1) is 5.92 Å². The van der Waals surface area contributed by atoms with Crippen LogP contribution in [0.25, 0.3) is 10.9 Å². The van der Waals surface area contributed by atoms with Crippen molar-refractivity contribution >= 4 is 20.9 Å². The summed E-state index contributed by atoms with van der Waals surface area (Å²) in [5, 5.41) is 10.4. The van der Waals surface area contributed by atoms with E-state index < -0.39 is 10.0 Å². The van der Waals surface area contributed by atoms with E-state index in [1.165, 1.54) is 0 Å². The molecule has 1 heterocycles. The molecule has 5 nitrogen and oxygen atoms in total. The van der Waals surface area contributed by atoms with Crippen molar-refractivity contribution in [3.05, 3.63) is 42.1 Å². The van der Waals surface area contributed by atoms with E-state index >= 15 is 0 Å². The molecule has 2 N–H and O–H groups in total. The fraction of sp³-hybridized carbons (Fsp3) is 0.471. The van der Waals surface area contributed by atoms with Gasteiger partial charge in [-0.2, -0.15) is 0 Å². The molecule has 6 heteroatoms. The standard InChI is InChI=1S/C17H22N2O3S/c20-11-14-5-1-2-9-16(14)19-23(21,22)12-15-7-3-6-13-8-4-10-18-17(13)15/h3-4,6-8,10,14,16,19-20H,1-2,5,9,11-12H2. The molecule has 1 aromatic heterocycles. The Bertz CT molecular complexity index is 771. The fourth-order valence-electron chi connectivity index (χ4n) is 3.34. The minimum Gasteiger partial charge on any atom is -0.396 e. The smallest absolute Gasteiger partial charge is 0.216 e. The van der Waals surface area contributed by atoms with Gasteiger partial charge in [-0.25, -0.2) is 13.1 Å². The molecule has 0 saturated heterocycles. The van der Waals surface area contributed by atoms with Gasteiger partial charge in [-0.15, -0.1) is 0 Å². The van der Waals surface area contributed by atoms with E-state index in [9.17, 15) is 13.5 Å². The topological polar surface area (TPSA) is 79.3 Å². The van der Waals surface area contributed by atoms with Crippen LogP contribution in [0.3, 0.4) is 0 Å². The Balaban J connectivity index is 1.80. The number of hydrogen-bond acceptors (Lipinski definition) is 4. The van der Waals surface area contributed by atoms with Gasteiger partial charge in [0.1, 0.15) is 0 Å². The zero-order valence-electron chi connectivity index (χ0n) is 13.0. The molecular weight excluding hydrogens is 312 g/mol. The summed E-state index contributed by atoms with van der Waals surface area (Å²) in [5.74, 6) is -0.0696. The summed E-state index contributed by atoms with van der Waals surface area (Å²) in [6.45, 7) is 0.0308. The highest BCUT2D eigenvalue weighted by molar-refractivity contribution is 7.88. The van der Waals surface area contributed by atoms with Crippen LogP contribution in [0.1, 0.15) is 31.2 Å². The number of aliphatic hydroxyl groups excluding tert-OH is 1. The quantitative estimate of drug-likeness (QED) is 0.878. The summed E-state index contributed by atoms with van der Waals surface area (Å²) in [7, 11) is -3.47. The van der Waals surface area contributed by atoms with Crippen molar-refractivity contribution in [2.45, 2.75) is 37.5 Å². The second kappa shape index (κ2) is 6.95. The predicted octanol–water partition coefficient (Wildman–Crippen LogP) is 2.21. The van der Waals surface area contributed by atoms with E-state index in [0.717, 1.165) is 36.6 Å². The molecule has 1 aromatic carbocycles. The minimum atomic E-state index is -3.47. The third-order valence-corrected chi connectivity index (χ3v) is 5.89. The van der Waals surface area contributed by atoms with E-state index in [2.05, 4.69) is 9.71 Å². The number of aromatic nitrogens is 1. The highest BCUT2D eigenvalue weighted by Gasteiger charge is 2.28. The van der Waals surface area contributed by atoms with Crippen molar-refractivity contribution in [1.29, 1.82) is 0 Å². The maximum absolute atomic E-state index is 12.6. The number of benzene rings is 1. The van der Waals surface area contributed by atoms with Crippen molar-refractivity contribution in [1.82, 2.24) is 9.71 Å². The summed E-state index contributed by atoms with van der Waals surface area (Å²) in [6.07, 6.45) is 5.39. The Kier molecular flexibility index (Phi) is 4.94.